The highest BCUT2D eigenvalue weighted by Gasteiger charge is 2.27. The van der Waals surface area contributed by atoms with E-state index < -0.39 is 0 Å². The van der Waals surface area contributed by atoms with Gasteiger partial charge in [0.05, 0.1) is 10.7 Å². The molecule has 110 valence electrons. The van der Waals surface area contributed by atoms with Gasteiger partial charge in [-0.1, -0.05) is 18.5 Å². The standard InChI is InChI=1S/C15H22ClN3O/c1-2-19(12-6-7-12)9-3-4-15(20)18-14-8-5-11(17)10-13(14)16/h5,8,10,12H,2-4,6-7,9,17H2,1H3,(H,18,20). The van der Waals surface area contributed by atoms with Crippen molar-refractivity contribution in [1.29, 1.82) is 0 Å². The van der Waals surface area contributed by atoms with Crippen LogP contribution in [0.1, 0.15) is 32.6 Å². The Morgan fingerprint density at radius 1 is 1.50 bits per heavy atom. The lowest BCUT2D eigenvalue weighted by Crippen LogP contribution is -2.27. The van der Waals surface area contributed by atoms with E-state index in [0.717, 1.165) is 25.6 Å². The van der Waals surface area contributed by atoms with Crippen LogP contribution in [0.15, 0.2) is 18.2 Å². The number of carbonyl (C=O) groups excluding carboxylic acids is 1. The molecule has 1 saturated carbocycles. The number of amides is 1. The topological polar surface area (TPSA) is 58.4 Å². The highest BCUT2D eigenvalue weighted by atomic mass is 35.5. The lowest BCUT2D eigenvalue weighted by atomic mass is 10.2. The summed E-state index contributed by atoms with van der Waals surface area (Å²) in [5.41, 5.74) is 6.84. The Bertz CT molecular complexity index is 474. The smallest absolute Gasteiger partial charge is 0.224 e. The van der Waals surface area contributed by atoms with Gasteiger partial charge in [-0.3, -0.25) is 4.79 Å². The molecule has 0 atom stereocenters. The van der Waals surface area contributed by atoms with Gasteiger partial charge in [0, 0.05) is 18.2 Å². The van der Waals surface area contributed by atoms with Crippen molar-refractivity contribution in [3.63, 3.8) is 0 Å². The summed E-state index contributed by atoms with van der Waals surface area (Å²) in [6.45, 7) is 4.23. The summed E-state index contributed by atoms with van der Waals surface area (Å²) in [6, 6.07) is 5.86. The summed E-state index contributed by atoms with van der Waals surface area (Å²) in [6.07, 6.45) is 4.01. The van der Waals surface area contributed by atoms with Gasteiger partial charge in [0.2, 0.25) is 5.91 Å². The summed E-state index contributed by atoms with van der Waals surface area (Å²) in [4.78, 5) is 14.3. The van der Waals surface area contributed by atoms with Crippen LogP contribution in [-0.4, -0.2) is 29.9 Å². The zero-order chi connectivity index (χ0) is 14.5. The average Bonchev–Trinajstić information content (AvgIpc) is 3.22. The first kappa shape index (κ1) is 15.1. The summed E-state index contributed by atoms with van der Waals surface area (Å²) < 4.78 is 0. The summed E-state index contributed by atoms with van der Waals surface area (Å²) >= 11 is 6.03. The molecule has 4 nitrogen and oxygen atoms in total. The first-order chi connectivity index (χ1) is 9.60. The molecule has 1 fully saturated rings. The molecule has 0 unspecified atom stereocenters. The predicted octanol–water partition coefficient (Wildman–Crippen LogP) is 3.13. The first-order valence-corrected chi connectivity index (χ1v) is 7.57. The SMILES string of the molecule is CCN(CCCC(=O)Nc1ccc(N)cc1Cl)C1CC1. The minimum absolute atomic E-state index is 0.00326. The minimum Gasteiger partial charge on any atom is -0.399 e. The van der Waals surface area contributed by atoms with Gasteiger partial charge in [-0.25, -0.2) is 0 Å². The lowest BCUT2D eigenvalue weighted by molar-refractivity contribution is -0.116. The molecule has 2 rings (SSSR count). The number of nitrogens with two attached hydrogens (primary N) is 1. The highest BCUT2D eigenvalue weighted by molar-refractivity contribution is 6.34. The molecule has 0 aromatic heterocycles. The van der Waals surface area contributed by atoms with Crippen LogP contribution in [0, 0.1) is 0 Å². The number of rotatable bonds is 7. The van der Waals surface area contributed by atoms with E-state index in [1.54, 1.807) is 18.2 Å². The molecule has 1 aromatic rings. The number of nitrogens with zero attached hydrogens (tertiary/aromatic N) is 1. The Hall–Kier alpha value is -1.26. The van der Waals surface area contributed by atoms with E-state index in [4.69, 9.17) is 17.3 Å². The third-order valence-electron chi connectivity index (χ3n) is 3.59. The fraction of sp³-hybridized carbons (Fsp3) is 0.533. The van der Waals surface area contributed by atoms with Crippen LogP contribution in [0.25, 0.3) is 0 Å². The number of halogens is 1. The number of benzene rings is 1. The molecule has 1 amide bonds. The molecule has 0 spiro atoms. The fourth-order valence-corrected chi connectivity index (χ4v) is 2.56. The monoisotopic (exact) mass is 295 g/mol. The third kappa shape index (κ3) is 4.39. The molecule has 20 heavy (non-hydrogen) atoms. The second-order valence-corrected chi connectivity index (χ2v) is 5.66. The van der Waals surface area contributed by atoms with Crippen molar-refractivity contribution < 1.29 is 4.79 Å². The Kier molecular flexibility index (Phi) is 5.26. The van der Waals surface area contributed by atoms with Crippen LogP contribution in [0.4, 0.5) is 11.4 Å². The number of hydrogen-bond acceptors (Lipinski definition) is 3. The number of nitrogens with one attached hydrogen (secondary N) is 1. The van der Waals surface area contributed by atoms with Crippen LogP contribution >= 0.6 is 11.6 Å². The minimum atomic E-state index is 0.00326. The van der Waals surface area contributed by atoms with E-state index in [1.807, 2.05) is 0 Å². The summed E-state index contributed by atoms with van der Waals surface area (Å²) in [7, 11) is 0. The van der Waals surface area contributed by atoms with Gasteiger partial charge >= 0.3 is 0 Å². The molecular formula is C15H22ClN3O. The van der Waals surface area contributed by atoms with Crippen LogP contribution in [0.2, 0.25) is 5.02 Å². The van der Waals surface area contributed by atoms with Crippen molar-refractivity contribution in [1.82, 2.24) is 4.90 Å². The molecule has 3 N–H and O–H groups in total. The zero-order valence-corrected chi connectivity index (χ0v) is 12.6. The number of anilines is 2. The largest absolute Gasteiger partial charge is 0.399 e. The van der Waals surface area contributed by atoms with Gasteiger partial charge in [0.15, 0.2) is 0 Å². The summed E-state index contributed by atoms with van der Waals surface area (Å²) in [5.74, 6) is 0.00326. The maximum atomic E-state index is 11.9. The number of hydrogen-bond donors (Lipinski definition) is 2. The Labute approximate surface area is 125 Å². The van der Waals surface area contributed by atoms with Gasteiger partial charge < -0.3 is 16.0 Å². The number of nitrogen functional groups attached to an aromatic ring is 1. The Morgan fingerprint density at radius 2 is 2.25 bits per heavy atom. The zero-order valence-electron chi connectivity index (χ0n) is 11.9. The van der Waals surface area contributed by atoms with E-state index in [-0.39, 0.29) is 5.91 Å². The molecule has 1 aliphatic rings. The van der Waals surface area contributed by atoms with E-state index in [1.165, 1.54) is 12.8 Å². The quantitative estimate of drug-likeness (QED) is 0.760. The van der Waals surface area contributed by atoms with E-state index >= 15 is 0 Å². The molecule has 1 aromatic carbocycles. The normalized spacial score (nSPS) is 14.6. The second kappa shape index (κ2) is 6.95. The second-order valence-electron chi connectivity index (χ2n) is 5.25. The van der Waals surface area contributed by atoms with Crippen molar-refractivity contribution in [3.8, 4) is 0 Å². The Morgan fingerprint density at radius 3 is 2.85 bits per heavy atom. The van der Waals surface area contributed by atoms with Crippen molar-refractivity contribution in [2.75, 3.05) is 24.1 Å². The average molecular weight is 296 g/mol. The van der Waals surface area contributed by atoms with Crippen molar-refractivity contribution in [3.05, 3.63) is 23.2 Å². The van der Waals surface area contributed by atoms with Gasteiger partial charge in [0.25, 0.3) is 0 Å². The van der Waals surface area contributed by atoms with Crippen LogP contribution in [0.5, 0.6) is 0 Å². The van der Waals surface area contributed by atoms with Crippen LogP contribution in [0.3, 0.4) is 0 Å². The highest BCUT2D eigenvalue weighted by Crippen LogP contribution is 2.27. The molecule has 0 aliphatic heterocycles. The molecule has 1 aliphatic carbocycles. The molecule has 0 radical (unpaired) electrons. The first-order valence-electron chi connectivity index (χ1n) is 7.19. The Balaban J connectivity index is 1.74. The molecule has 0 saturated heterocycles. The van der Waals surface area contributed by atoms with Gasteiger partial charge in [0.1, 0.15) is 0 Å². The number of carbonyl (C=O) groups is 1. The molecule has 0 bridgehead atoms. The van der Waals surface area contributed by atoms with Gasteiger partial charge in [-0.15, -0.1) is 0 Å². The van der Waals surface area contributed by atoms with E-state index in [0.29, 0.717) is 22.8 Å². The van der Waals surface area contributed by atoms with E-state index in [2.05, 4.69) is 17.1 Å². The van der Waals surface area contributed by atoms with Crippen LogP contribution < -0.4 is 11.1 Å². The third-order valence-corrected chi connectivity index (χ3v) is 3.90. The molecule has 0 heterocycles. The van der Waals surface area contributed by atoms with Crippen LogP contribution in [-0.2, 0) is 4.79 Å². The van der Waals surface area contributed by atoms with Crippen molar-refractivity contribution in [2.45, 2.75) is 38.6 Å². The van der Waals surface area contributed by atoms with E-state index in [9.17, 15) is 4.79 Å². The lowest BCUT2D eigenvalue weighted by Gasteiger charge is -2.19. The van der Waals surface area contributed by atoms with Crippen molar-refractivity contribution in [2.24, 2.45) is 0 Å². The summed E-state index contributed by atoms with van der Waals surface area (Å²) in [5, 5.41) is 3.31. The predicted molar refractivity (Wildman–Crippen MR) is 84.0 cm³/mol. The maximum Gasteiger partial charge on any atom is 0.224 e. The fourth-order valence-electron chi connectivity index (χ4n) is 2.33. The maximum absolute atomic E-state index is 11.9. The molecule has 5 heteroatoms. The van der Waals surface area contributed by atoms with Gasteiger partial charge in [-0.05, 0) is 50.6 Å². The molecular weight excluding hydrogens is 274 g/mol. The van der Waals surface area contributed by atoms with Crippen molar-refractivity contribution >= 4 is 28.9 Å². The van der Waals surface area contributed by atoms with Gasteiger partial charge in [-0.2, -0.15) is 0 Å².